The molecule has 0 aromatic carbocycles. The SMILES string of the molecule is O=C(O)C1CCCN1C(=S)SSC(=S)N1CCCC1C(=O)O. The fourth-order valence-corrected chi connectivity index (χ4v) is 5.47. The Labute approximate surface area is 147 Å². The zero-order valence-electron chi connectivity index (χ0n) is 11.6. The van der Waals surface area contributed by atoms with E-state index >= 15 is 0 Å². The van der Waals surface area contributed by atoms with Gasteiger partial charge in [0.15, 0.2) is 0 Å². The van der Waals surface area contributed by atoms with Gasteiger partial charge in [0, 0.05) is 13.1 Å². The van der Waals surface area contributed by atoms with Crippen LogP contribution in [0.2, 0.25) is 0 Å². The molecule has 0 saturated carbocycles. The number of carbonyl (C=O) groups is 2. The van der Waals surface area contributed by atoms with Crippen LogP contribution in [0.4, 0.5) is 0 Å². The number of hydrogen-bond donors (Lipinski definition) is 2. The zero-order chi connectivity index (χ0) is 16.3. The summed E-state index contributed by atoms with van der Waals surface area (Å²) < 4.78 is 0.978. The molecule has 0 aromatic rings. The fraction of sp³-hybridized carbons (Fsp3) is 0.667. The van der Waals surface area contributed by atoms with Crippen molar-refractivity contribution in [3.05, 3.63) is 0 Å². The molecule has 10 heteroatoms. The molecule has 2 aliphatic rings. The second kappa shape index (κ2) is 7.80. The van der Waals surface area contributed by atoms with Gasteiger partial charge in [0.25, 0.3) is 0 Å². The molecule has 2 unspecified atom stereocenters. The molecule has 6 nitrogen and oxygen atoms in total. The molecule has 2 fully saturated rings. The van der Waals surface area contributed by atoms with Crippen molar-refractivity contribution in [1.82, 2.24) is 9.80 Å². The molecule has 2 heterocycles. The van der Waals surface area contributed by atoms with Crippen molar-refractivity contribution >= 4 is 66.6 Å². The van der Waals surface area contributed by atoms with Crippen LogP contribution in [0.25, 0.3) is 0 Å². The van der Waals surface area contributed by atoms with E-state index in [1.165, 1.54) is 21.6 Å². The lowest BCUT2D eigenvalue weighted by molar-refractivity contribution is -0.141. The molecule has 0 bridgehead atoms. The minimum atomic E-state index is -0.862. The van der Waals surface area contributed by atoms with E-state index in [-0.39, 0.29) is 0 Å². The van der Waals surface area contributed by atoms with Crippen LogP contribution in [0.1, 0.15) is 25.7 Å². The van der Waals surface area contributed by atoms with Crippen molar-refractivity contribution in [3.8, 4) is 0 Å². The van der Waals surface area contributed by atoms with Crippen molar-refractivity contribution in [2.45, 2.75) is 37.8 Å². The van der Waals surface area contributed by atoms with E-state index in [0.29, 0.717) is 34.6 Å². The van der Waals surface area contributed by atoms with Crippen LogP contribution in [0.15, 0.2) is 0 Å². The van der Waals surface area contributed by atoms with Gasteiger partial charge in [0.1, 0.15) is 20.7 Å². The first-order valence-electron chi connectivity index (χ1n) is 6.83. The standard InChI is InChI=1S/C12H16N2O4S4/c15-9(16)7-3-1-5-13(7)11(19)21-22-12(20)14-6-2-4-8(14)10(17)18/h7-8H,1-6H2,(H,15,16)(H,17,18). The molecule has 2 N–H and O–H groups in total. The Morgan fingerprint density at radius 3 is 1.55 bits per heavy atom. The smallest absolute Gasteiger partial charge is 0.326 e. The fourth-order valence-electron chi connectivity index (χ4n) is 2.65. The van der Waals surface area contributed by atoms with Gasteiger partial charge in [-0.1, -0.05) is 24.4 Å². The molecule has 22 heavy (non-hydrogen) atoms. The first kappa shape index (κ1) is 17.8. The molecule has 2 atom stereocenters. The minimum Gasteiger partial charge on any atom is -0.480 e. The van der Waals surface area contributed by atoms with Crippen LogP contribution in [-0.2, 0) is 9.59 Å². The minimum absolute atomic E-state index is 0.489. The summed E-state index contributed by atoms with van der Waals surface area (Å²) in [5.74, 6) is -1.72. The zero-order valence-corrected chi connectivity index (χ0v) is 14.9. The normalized spacial score (nSPS) is 24.5. The summed E-state index contributed by atoms with van der Waals surface area (Å²) in [5, 5.41) is 18.3. The first-order valence-corrected chi connectivity index (χ1v) is 9.79. The highest BCUT2D eigenvalue weighted by Crippen LogP contribution is 2.34. The Bertz CT molecular complexity index is 458. The number of rotatable bonds is 2. The van der Waals surface area contributed by atoms with Gasteiger partial charge in [-0.2, -0.15) is 0 Å². The van der Waals surface area contributed by atoms with E-state index in [1.807, 2.05) is 0 Å². The van der Waals surface area contributed by atoms with Gasteiger partial charge in [0.2, 0.25) is 0 Å². The Balaban J connectivity index is 1.87. The molecule has 2 rings (SSSR count). The number of thiocarbonyl (C=S) groups is 2. The third-order valence-corrected chi connectivity index (χ3v) is 7.37. The van der Waals surface area contributed by atoms with Gasteiger partial charge in [-0.25, -0.2) is 9.59 Å². The lowest BCUT2D eigenvalue weighted by Gasteiger charge is -2.25. The summed E-state index contributed by atoms with van der Waals surface area (Å²) in [7, 11) is 2.48. The number of carboxylic acids is 2. The second-order valence-electron chi connectivity index (χ2n) is 5.08. The van der Waals surface area contributed by atoms with E-state index in [0.717, 1.165) is 12.8 Å². The Morgan fingerprint density at radius 1 is 0.864 bits per heavy atom. The monoisotopic (exact) mass is 380 g/mol. The van der Waals surface area contributed by atoms with Crippen LogP contribution in [0.3, 0.4) is 0 Å². The summed E-state index contributed by atoms with van der Waals surface area (Å²) in [6, 6.07) is -1.12. The number of hydrogen-bond acceptors (Lipinski definition) is 6. The van der Waals surface area contributed by atoms with E-state index in [1.54, 1.807) is 9.80 Å². The van der Waals surface area contributed by atoms with Crippen LogP contribution >= 0.6 is 46.0 Å². The van der Waals surface area contributed by atoms with Crippen LogP contribution < -0.4 is 0 Å². The van der Waals surface area contributed by atoms with Gasteiger partial charge < -0.3 is 20.0 Å². The van der Waals surface area contributed by atoms with Crippen LogP contribution in [0, 0.1) is 0 Å². The van der Waals surface area contributed by atoms with Crippen molar-refractivity contribution in [2.75, 3.05) is 13.1 Å². The Kier molecular flexibility index (Phi) is 6.30. The van der Waals surface area contributed by atoms with Crippen molar-refractivity contribution in [1.29, 1.82) is 0 Å². The molecular formula is C12H16N2O4S4. The highest BCUT2D eigenvalue weighted by molar-refractivity contribution is 8.89. The lowest BCUT2D eigenvalue weighted by Crippen LogP contribution is -2.39. The van der Waals surface area contributed by atoms with Gasteiger partial charge in [-0.15, -0.1) is 0 Å². The van der Waals surface area contributed by atoms with E-state index in [4.69, 9.17) is 34.6 Å². The summed E-state index contributed by atoms with van der Waals surface area (Å²) in [6.45, 7) is 1.27. The molecule has 0 aromatic heterocycles. The van der Waals surface area contributed by atoms with Gasteiger partial charge >= 0.3 is 11.9 Å². The largest absolute Gasteiger partial charge is 0.480 e. The van der Waals surface area contributed by atoms with Gasteiger partial charge in [-0.05, 0) is 47.3 Å². The van der Waals surface area contributed by atoms with Crippen molar-refractivity contribution in [3.63, 3.8) is 0 Å². The second-order valence-corrected chi connectivity index (χ2v) is 8.47. The maximum absolute atomic E-state index is 11.2. The molecule has 2 saturated heterocycles. The number of carboxylic acid groups (broad SMARTS) is 2. The average Bonchev–Trinajstić information content (AvgIpc) is 3.12. The first-order chi connectivity index (χ1) is 10.4. The Hall–Kier alpha value is -0.580. The third kappa shape index (κ3) is 4.03. The summed E-state index contributed by atoms with van der Waals surface area (Å²) in [6.07, 6.45) is 2.80. The predicted octanol–water partition coefficient (Wildman–Crippen LogP) is 2.04. The quantitative estimate of drug-likeness (QED) is 0.548. The van der Waals surface area contributed by atoms with Crippen LogP contribution in [-0.4, -0.2) is 65.8 Å². The highest BCUT2D eigenvalue weighted by Gasteiger charge is 2.34. The van der Waals surface area contributed by atoms with E-state index in [9.17, 15) is 9.59 Å². The molecule has 0 radical (unpaired) electrons. The van der Waals surface area contributed by atoms with Gasteiger partial charge in [-0.3, -0.25) is 0 Å². The summed E-state index contributed by atoms with van der Waals surface area (Å²) >= 11 is 10.6. The third-order valence-electron chi connectivity index (χ3n) is 3.73. The number of aliphatic carboxylic acids is 2. The lowest BCUT2D eigenvalue weighted by atomic mass is 10.2. The molecule has 2 aliphatic heterocycles. The van der Waals surface area contributed by atoms with Crippen molar-refractivity contribution in [2.24, 2.45) is 0 Å². The predicted molar refractivity (Wildman–Crippen MR) is 95.1 cm³/mol. The highest BCUT2D eigenvalue weighted by atomic mass is 33.1. The molecule has 0 amide bonds. The number of nitrogens with zero attached hydrogens (tertiary/aromatic N) is 2. The van der Waals surface area contributed by atoms with Crippen LogP contribution in [0.5, 0.6) is 0 Å². The van der Waals surface area contributed by atoms with Gasteiger partial charge in [0.05, 0.1) is 0 Å². The summed E-state index contributed by atoms with van der Waals surface area (Å²) in [4.78, 5) is 25.7. The van der Waals surface area contributed by atoms with Crippen molar-refractivity contribution < 1.29 is 19.8 Å². The molecule has 0 spiro atoms. The molecule has 0 aliphatic carbocycles. The summed E-state index contributed by atoms with van der Waals surface area (Å²) in [5.41, 5.74) is 0. The molecular weight excluding hydrogens is 364 g/mol. The Morgan fingerprint density at radius 2 is 1.23 bits per heavy atom. The maximum atomic E-state index is 11.2. The maximum Gasteiger partial charge on any atom is 0.326 e. The number of likely N-dealkylation sites (tertiary alicyclic amines) is 2. The van der Waals surface area contributed by atoms with E-state index in [2.05, 4.69) is 0 Å². The van der Waals surface area contributed by atoms with E-state index < -0.39 is 24.0 Å². The molecule has 122 valence electrons. The topological polar surface area (TPSA) is 81.1 Å². The average molecular weight is 381 g/mol.